The molecule has 0 bridgehead atoms. The third-order valence-electron chi connectivity index (χ3n) is 3.89. The lowest BCUT2D eigenvalue weighted by Crippen LogP contribution is -2.37. The predicted molar refractivity (Wildman–Crippen MR) is 91.1 cm³/mol. The van der Waals surface area contributed by atoms with E-state index >= 15 is 0 Å². The zero-order valence-electron chi connectivity index (χ0n) is 13.3. The van der Waals surface area contributed by atoms with Crippen LogP contribution in [0.15, 0.2) is 35.0 Å². The molecule has 1 amide bonds. The summed E-state index contributed by atoms with van der Waals surface area (Å²) in [6, 6.07) is 5.27. The monoisotopic (exact) mass is 370 g/mol. The highest BCUT2D eigenvalue weighted by molar-refractivity contribution is 7.08. The molecule has 0 saturated carbocycles. The van der Waals surface area contributed by atoms with E-state index in [0.29, 0.717) is 32.0 Å². The lowest BCUT2D eigenvalue weighted by Gasteiger charge is -2.31. The van der Waals surface area contributed by atoms with Gasteiger partial charge in [-0.2, -0.15) is 24.5 Å². The summed E-state index contributed by atoms with van der Waals surface area (Å²) >= 11 is 1.47. The number of rotatable bonds is 4. The number of hydrogen-bond acceptors (Lipinski definition) is 4. The largest absolute Gasteiger partial charge is 0.416 e. The number of thiophene rings is 1. The van der Waals surface area contributed by atoms with Gasteiger partial charge in [0.25, 0.3) is 0 Å². The highest BCUT2D eigenvalue weighted by Gasteiger charge is 2.31. The van der Waals surface area contributed by atoms with Crippen LogP contribution in [0.5, 0.6) is 0 Å². The molecule has 1 N–H and O–H groups in total. The van der Waals surface area contributed by atoms with Crippen molar-refractivity contribution in [2.75, 3.05) is 36.5 Å². The Kier molecular flexibility index (Phi) is 5.29. The molecule has 8 heteroatoms. The van der Waals surface area contributed by atoms with Gasteiger partial charge < -0.3 is 15.0 Å². The minimum absolute atomic E-state index is 0.127. The second-order valence-electron chi connectivity index (χ2n) is 5.69. The summed E-state index contributed by atoms with van der Waals surface area (Å²) in [5.74, 6) is -0.341. The molecule has 2 heterocycles. The van der Waals surface area contributed by atoms with Crippen LogP contribution < -0.4 is 10.2 Å². The van der Waals surface area contributed by atoms with Crippen LogP contribution >= 0.6 is 11.3 Å². The highest BCUT2D eigenvalue weighted by Crippen LogP contribution is 2.35. The van der Waals surface area contributed by atoms with Crippen LogP contribution in [-0.4, -0.2) is 32.2 Å². The van der Waals surface area contributed by atoms with Crippen molar-refractivity contribution in [1.29, 1.82) is 0 Å². The number of morpholine rings is 1. The number of anilines is 2. The quantitative estimate of drug-likeness (QED) is 0.891. The van der Waals surface area contributed by atoms with Gasteiger partial charge in [0.15, 0.2) is 0 Å². The summed E-state index contributed by atoms with van der Waals surface area (Å²) in [6.07, 6.45) is -4.33. The fourth-order valence-electron chi connectivity index (χ4n) is 2.67. The topological polar surface area (TPSA) is 41.6 Å². The van der Waals surface area contributed by atoms with E-state index in [1.54, 1.807) is 0 Å². The Hall–Kier alpha value is -2.06. The van der Waals surface area contributed by atoms with E-state index in [4.69, 9.17) is 4.74 Å². The van der Waals surface area contributed by atoms with Gasteiger partial charge >= 0.3 is 6.18 Å². The van der Waals surface area contributed by atoms with E-state index in [1.807, 2.05) is 21.7 Å². The molecule has 1 fully saturated rings. The summed E-state index contributed by atoms with van der Waals surface area (Å²) in [5.41, 5.74) is 0.810. The maximum absolute atomic E-state index is 13.0. The van der Waals surface area contributed by atoms with Crippen molar-refractivity contribution < 1.29 is 22.7 Å². The summed E-state index contributed by atoms with van der Waals surface area (Å²) in [4.78, 5) is 14.2. The Balaban J connectivity index is 1.85. The molecule has 0 radical (unpaired) electrons. The van der Waals surface area contributed by atoms with E-state index in [0.717, 1.165) is 17.7 Å². The lowest BCUT2D eigenvalue weighted by atomic mass is 10.1. The summed E-state index contributed by atoms with van der Waals surface area (Å²) in [7, 11) is 0. The van der Waals surface area contributed by atoms with E-state index in [9.17, 15) is 18.0 Å². The molecule has 1 aliphatic heterocycles. The van der Waals surface area contributed by atoms with Crippen LogP contribution in [0.1, 0.15) is 11.1 Å². The standard InChI is InChI=1S/C17H17F3N2O2S/c18-17(19,20)13-1-2-15(22-4-6-24-7-5-22)14(10-13)21-16(23)9-12-3-8-25-11-12/h1-3,8,10-11H,4-7,9H2,(H,21,23). The van der Waals surface area contributed by atoms with Crippen molar-refractivity contribution in [2.24, 2.45) is 0 Å². The molecule has 0 spiro atoms. The Bertz CT molecular complexity index is 726. The number of nitrogens with zero attached hydrogens (tertiary/aromatic N) is 1. The molecule has 3 rings (SSSR count). The van der Waals surface area contributed by atoms with Crippen LogP contribution in [0.4, 0.5) is 24.5 Å². The third-order valence-corrected chi connectivity index (χ3v) is 4.63. The molecular formula is C17H17F3N2O2S. The number of halogens is 3. The normalized spacial score (nSPS) is 15.2. The molecule has 1 saturated heterocycles. The van der Waals surface area contributed by atoms with Crippen molar-refractivity contribution in [3.8, 4) is 0 Å². The number of nitrogens with one attached hydrogen (secondary N) is 1. The number of benzene rings is 1. The van der Waals surface area contributed by atoms with Crippen LogP contribution in [0.2, 0.25) is 0 Å². The molecule has 2 aromatic rings. The third kappa shape index (κ3) is 4.52. The number of ether oxygens (including phenoxy) is 1. The van der Waals surface area contributed by atoms with Gasteiger partial charge in [0.1, 0.15) is 0 Å². The van der Waals surface area contributed by atoms with Gasteiger partial charge in [0.2, 0.25) is 5.91 Å². The van der Waals surface area contributed by atoms with Crippen molar-refractivity contribution in [3.05, 3.63) is 46.2 Å². The molecular weight excluding hydrogens is 353 g/mol. The zero-order valence-corrected chi connectivity index (χ0v) is 14.1. The van der Waals surface area contributed by atoms with Crippen molar-refractivity contribution in [3.63, 3.8) is 0 Å². The van der Waals surface area contributed by atoms with E-state index in [-0.39, 0.29) is 18.0 Å². The van der Waals surface area contributed by atoms with E-state index in [2.05, 4.69) is 5.32 Å². The van der Waals surface area contributed by atoms with Crippen molar-refractivity contribution in [2.45, 2.75) is 12.6 Å². The Morgan fingerprint density at radius 1 is 1.24 bits per heavy atom. The first kappa shape index (κ1) is 17.8. The molecule has 0 unspecified atom stereocenters. The number of carbonyl (C=O) groups excluding carboxylic acids is 1. The van der Waals surface area contributed by atoms with Gasteiger partial charge in [0, 0.05) is 13.1 Å². The first-order valence-electron chi connectivity index (χ1n) is 7.78. The Morgan fingerprint density at radius 3 is 2.64 bits per heavy atom. The van der Waals surface area contributed by atoms with Gasteiger partial charge in [-0.15, -0.1) is 0 Å². The number of carbonyl (C=O) groups is 1. The molecule has 25 heavy (non-hydrogen) atoms. The average Bonchev–Trinajstić information content (AvgIpc) is 3.07. The minimum Gasteiger partial charge on any atom is -0.378 e. The minimum atomic E-state index is -4.46. The summed E-state index contributed by atoms with van der Waals surface area (Å²) < 4.78 is 44.4. The van der Waals surface area contributed by atoms with Gasteiger partial charge in [-0.05, 0) is 40.6 Å². The van der Waals surface area contributed by atoms with Crippen LogP contribution in [0.25, 0.3) is 0 Å². The predicted octanol–water partition coefficient (Wildman–Crippen LogP) is 3.78. The molecule has 4 nitrogen and oxygen atoms in total. The molecule has 1 aliphatic rings. The lowest BCUT2D eigenvalue weighted by molar-refractivity contribution is -0.137. The molecule has 134 valence electrons. The highest BCUT2D eigenvalue weighted by atomic mass is 32.1. The zero-order chi connectivity index (χ0) is 17.9. The van der Waals surface area contributed by atoms with E-state index in [1.165, 1.54) is 17.4 Å². The Labute approximate surface area is 147 Å². The van der Waals surface area contributed by atoms with Crippen LogP contribution in [0, 0.1) is 0 Å². The molecule has 1 aromatic heterocycles. The fraction of sp³-hybridized carbons (Fsp3) is 0.353. The second-order valence-corrected chi connectivity index (χ2v) is 6.47. The summed E-state index contributed by atoms with van der Waals surface area (Å²) in [5, 5.41) is 6.34. The van der Waals surface area contributed by atoms with Crippen molar-refractivity contribution >= 4 is 28.6 Å². The van der Waals surface area contributed by atoms with Crippen molar-refractivity contribution in [1.82, 2.24) is 0 Å². The van der Waals surface area contributed by atoms with Crippen LogP contribution in [-0.2, 0) is 22.1 Å². The maximum Gasteiger partial charge on any atom is 0.416 e. The maximum atomic E-state index is 13.0. The molecule has 0 aliphatic carbocycles. The fourth-order valence-corrected chi connectivity index (χ4v) is 3.33. The van der Waals surface area contributed by atoms with Gasteiger partial charge in [-0.25, -0.2) is 0 Å². The SMILES string of the molecule is O=C(Cc1ccsc1)Nc1cc(C(F)(F)F)ccc1N1CCOCC1. The molecule has 0 atom stereocenters. The number of alkyl halides is 3. The first-order valence-corrected chi connectivity index (χ1v) is 8.72. The molecule has 1 aromatic carbocycles. The smallest absolute Gasteiger partial charge is 0.378 e. The van der Waals surface area contributed by atoms with Gasteiger partial charge in [0.05, 0.1) is 36.6 Å². The first-order chi connectivity index (χ1) is 11.9. The van der Waals surface area contributed by atoms with Gasteiger partial charge in [-0.3, -0.25) is 4.79 Å². The second kappa shape index (κ2) is 7.45. The van der Waals surface area contributed by atoms with Gasteiger partial charge in [-0.1, -0.05) is 0 Å². The Morgan fingerprint density at radius 2 is 2.00 bits per heavy atom. The van der Waals surface area contributed by atoms with Crippen LogP contribution in [0.3, 0.4) is 0 Å². The number of hydrogen-bond donors (Lipinski definition) is 1. The summed E-state index contributed by atoms with van der Waals surface area (Å²) in [6.45, 7) is 2.14. The number of amides is 1. The average molecular weight is 370 g/mol. The van der Waals surface area contributed by atoms with E-state index < -0.39 is 11.7 Å².